The molecule has 0 aromatic rings. The Hall–Kier alpha value is -1.10. The first-order valence-electron chi connectivity index (χ1n) is 6.97. The number of piperazine rings is 1. The van der Waals surface area contributed by atoms with Crippen molar-refractivity contribution in [3.8, 4) is 0 Å². The molecule has 0 aromatic heterocycles. The number of nitrogens with one attached hydrogen (secondary N) is 1. The summed E-state index contributed by atoms with van der Waals surface area (Å²) >= 11 is 0. The number of piperidine rings is 1. The van der Waals surface area contributed by atoms with E-state index in [4.69, 9.17) is 0 Å². The van der Waals surface area contributed by atoms with Crippen LogP contribution in [0.15, 0.2) is 0 Å². The van der Waals surface area contributed by atoms with Gasteiger partial charge in [-0.1, -0.05) is 13.3 Å². The Morgan fingerprint density at radius 3 is 3.00 bits per heavy atom. The van der Waals surface area contributed by atoms with Crippen LogP contribution < -0.4 is 5.32 Å². The molecule has 1 N–H and O–H groups in total. The zero-order valence-corrected chi connectivity index (χ0v) is 11.2. The molecule has 0 spiro atoms. The average Bonchev–Trinajstić information content (AvgIpc) is 2.41. The lowest BCUT2D eigenvalue weighted by atomic mass is 9.95. The van der Waals surface area contributed by atoms with E-state index in [0.717, 1.165) is 32.5 Å². The van der Waals surface area contributed by atoms with E-state index in [9.17, 15) is 9.59 Å². The SMILES string of the molecule is CCC1CCCN(C(=O)CN2CCNCC2=O)C1. The Balaban J connectivity index is 1.85. The van der Waals surface area contributed by atoms with Gasteiger partial charge in [-0.05, 0) is 18.8 Å². The van der Waals surface area contributed by atoms with Gasteiger partial charge in [0.25, 0.3) is 0 Å². The predicted molar refractivity (Wildman–Crippen MR) is 69.0 cm³/mol. The average molecular weight is 253 g/mol. The molecule has 2 rings (SSSR count). The molecule has 2 aliphatic rings. The predicted octanol–water partition coefficient (Wildman–Crippen LogP) is 0.0668. The van der Waals surface area contributed by atoms with Gasteiger partial charge in [0.2, 0.25) is 11.8 Å². The van der Waals surface area contributed by atoms with E-state index >= 15 is 0 Å². The molecule has 0 aromatic carbocycles. The molecule has 0 bridgehead atoms. The molecule has 0 aliphatic carbocycles. The minimum absolute atomic E-state index is 0.0404. The standard InChI is InChI=1S/C13H23N3O2/c1-2-11-4-3-6-15(9-11)13(18)10-16-7-5-14-8-12(16)17/h11,14H,2-10H2,1H3. The number of rotatable bonds is 3. The van der Waals surface area contributed by atoms with Crippen LogP contribution in [-0.2, 0) is 9.59 Å². The van der Waals surface area contributed by atoms with Crippen LogP contribution >= 0.6 is 0 Å². The molecule has 5 heteroatoms. The van der Waals surface area contributed by atoms with Gasteiger partial charge in [0.1, 0.15) is 0 Å². The van der Waals surface area contributed by atoms with Crippen molar-refractivity contribution in [1.82, 2.24) is 15.1 Å². The third-order valence-electron chi connectivity index (χ3n) is 3.96. The maximum Gasteiger partial charge on any atom is 0.242 e. The van der Waals surface area contributed by atoms with Gasteiger partial charge in [-0.25, -0.2) is 0 Å². The Bertz CT molecular complexity index is 319. The second kappa shape index (κ2) is 6.18. The number of hydrogen-bond acceptors (Lipinski definition) is 3. The van der Waals surface area contributed by atoms with Crippen molar-refractivity contribution in [3.63, 3.8) is 0 Å². The Morgan fingerprint density at radius 2 is 2.28 bits per heavy atom. The molecule has 5 nitrogen and oxygen atoms in total. The maximum atomic E-state index is 12.2. The maximum absolute atomic E-state index is 12.2. The fourth-order valence-electron chi connectivity index (χ4n) is 2.70. The second-order valence-corrected chi connectivity index (χ2v) is 5.25. The first-order chi connectivity index (χ1) is 8.70. The molecule has 102 valence electrons. The number of likely N-dealkylation sites (tertiary alicyclic amines) is 1. The van der Waals surface area contributed by atoms with E-state index in [1.807, 2.05) is 4.90 Å². The Morgan fingerprint density at radius 1 is 1.44 bits per heavy atom. The summed E-state index contributed by atoms with van der Waals surface area (Å²) in [5.74, 6) is 0.795. The summed E-state index contributed by atoms with van der Waals surface area (Å²) in [6, 6.07) is 0. The summed E-state index contributed by atoms with van der Waals surface area (Å²) in [5.41, 5.74) is 0. The topological polar surface area (TPSA) is 52.7 Å². The molecule has 2 fully saturated rings. The molecule has 2 heterocycles. The molecular weight excluding hydrogens is 230 g/mol. The van der Waals surface area contributed by atoms with Gasteiger partial charge in [-0.3, -0.25) is 9.59 Å². The van der Waals surface area contributed by atoms with Crippen LogP contribution in [0.25, 0.3) is 0 Å². The molecule has 1 unspecified atom stereocenters. The normalized spacial score (nSPS) is 25.4. The number of hydrogen-bond donors (Lipinski definition) is 1. The zero-order chi connectivity index (χ0) is 13.0. The van der Waals surface area contributed by atoms with Gasteiger partial charge in [-0.2, -0.15) is 0 Å². The summed E-state index contributed by atoms with van der Waals surface area (Å²) in [4.78, 5) is 27.4. The third kappa shape index (κ3) is 3.22. The lowest BCUT2D eigenvalue weighted by molar-refractivity contribution is -0.142. The number of amides is 2. The van der Waals surface area contributed by atoms with Crippen LogP contribution in [-0.4, -0.2) is 60.9 Å². The fourth-order valence-corrected chi connectivity index (χ4v) is 2.70. The summed E-state index contributed by atoms with van der Waals surface area (Å²) in [5, 5.41) is 3.02. The monoisotopic (exact) mass is 253 g/mol. The highest BCUT2D eigenvalue weighted by molar-refractivity contribution is 5.86. The first-order valence-corrected chi connectivity index (χ1v) is 6.97. The Labute approximate surface area is 108 Å². The largest absolute Gasteiger partial charge is 0.341 e. The minimum Gasteiger partial charge on any atom is -0.341 e. The summed E-state index contributed by atoms with van der Waals surface area (Å²) in [6.45, 7) is 5.97. The van der Waals surface area contributed by atoms with E-state index in [1.165, 1.54) is 6.42 Å². The molecule has 2 amide bonds. The van der Waals surface area contributed by atoms with Crippen LogP contribution in [0, 0.1) is 5.92 Å². The van der Waals surface area contributed by atoms with Crippen molar-refractivity contribution in [2.24, 2.45) is 5.92 Å². The highest BCUT2D eigenvalue weighted by Gasteiger charge is 2.26. The fraction of sp³-hybridized carbons (Fsp3) is 0.846. The van der Waals surface area contributed by atoms with Crippen LogP contribution in [0.5, 0.6) is 0 Å². The third-order valence-corrected chi connectivity index (χ3v) is 3.96. The lowest BCUT2D eigenvalue weighted by Crippen LogP contribution is -2.52. The van der Waals surface area contributed by atoms with E-state index in [2.05, 4.69) is 12.2 Å². The molecule has 1 atom stereocenters. The highest BCUT2D eigenvalue weighted by atomic mass is 16.2. The second-order valence-electron chi connectivity index (χ2n) is 5.25. The van der Waals surface area contributed by atoms with Crippen LogP contribution in [0.4, 0.5) is 0 Å². The van der Waals surface area contributed by atoms with Crippen LogP contribution in [0.3, 0.4) is 0 Å². The van der Waals surface area contributed by atoms with E-state index in [0.29, 0.717) is 19.0 Å². The van der Waals surface area contributed by atoms with Gasteiger partial charge >= 0.3 is 0 Å². The van der Waals surface area contributed by atoms with Crippen molar-refractivity contribution < 1.29 is 9.59 Å². The molecule has 2 aliphatic heterocycles. The number of nitrogens with zero attached hydrogens (tertiary/aromatic N) is 2. The van der Waals surface area contributed by atoms with Crippen LogP contribution in [0.2, 0.25) is 0 Å². The molecule has 0 saturated carbocycles. The quantitative estimate of drug-likeness (QED) is 0.774. The van der Waals surface area contributed by atoms with Crippen molar-refractivity contribution in [3.05, 3.63) is 0 Å². The number of carbonyl (C=O) groups is 2. The molecule has 0 radical (unpaired) electrons. The minimum atomic E-state index is 0.0404. The smallest absolute Gasteiger partial charge is 0.242 e. The van der Waals surface area contributed by atoms with Gasteiger partial charge in [0.15, 0.2) is 0 Å². The van der Waals surface area contributed by atoms with Crippen molar-refractivity contribution >= 4 is 11.8 Å². The zero-order valence-electron chi connectivity index (χ0n) is 11.2. The van der Waals surface area contributed by atoms with Gasteiger partial charge in [0.05, 0.1) is 13.1 Å². The van der Waals surface area contributed by atoms with E-state index in [-0.39, 0.29) is 18.4 Å². The molecule has 18 heavy (non-hydrogen) atoms. The van der Waals surface area contributed by atoms with Crippen molar-refractivity contribution in [1.29, 1.82) is 0 Å². The van der Waals surface area contributed by atoms with Crippen LogP contribution in [0.1, 0.15) is 26.2 Å². The van der Waals surface area contributed by atoms with E-state index in [1.54, 1.807) is 4.90 Å². The summed E-state index contributed by atoms with van der Waals surface area (Å²) in [7, 11) is 0. The molecular formula is C13H23N3O2. The first kappa shape index (κ1) is 13.3. The van der Waals surface area contributed by atoms with Gasteiger partial charge < -0.3 is 15.1 Å². The number of carbonyl (C=O) groups excluding carboxylic acids is 2. The van der Waals surface area contributed by atoms with Crippen molar-refractivity contribution in [2.45, 2.75) is 26.2 Å². The summed E-state index contributed by atoms with van der Waals surface area (Å²) in [6.07, 6.45) is 3.46. The van der Waals surface area contributed by atoms with Gasteiger partial charge in [-0.15, -0.1) is 0 Å². The molecule has 2 saturated heterocycles. The Kier molecular flexibility index (Phi) is 4.58. The lowest BCUT2D eigenvalue weighted by Gasteiger charge is -2.34. The summed E-state index contributed by atoms with van der Waals surface area (Å²) < 4.78 is 0. The van der Waals surface area contributed by atoms with E-state index < -0.39 is 0 Å². The highest BCUT2D eigenvalue weighted by Crippen LogP contribution is 2.19. The van der Waals surface area contributed by atoms with Crippen molar-refractivity contribution in [2.75, 3.05) is 39.3 Å². The van der Waals surface area contributed by atoms with Gasteiger partial charge in [0, 0.05) is 26.2 Å².